The zero-order valence-corrected chi connectivity index (χ0v) is 6.86. The lowest BCUT2D eigenvalue weighted by atomic mass is 10.3. The highest BCUT2D eigenvalue weighted by atomic mass is 35.5. The van der Waals surface area contributed by atoms with Crippen molar-refractivity contribution in [3.63, 3.8) is 0 Å². The fourth-order valence-corrected chi connectivity index (χ4v) is 1.16. The molecule has 1 aromatic heterocycles. The molecule has 1 radical (unpaired) electrons. The van der Waals surface area contributed by atoms with Gasteiger partial charge in [0.2, 0.25) is 0 Å². The van der Waals surface area contributed by atoms with E-state index in [4.69, 9.17) is 11.6 Å². The first-order valence-corrected chi connectivity index (χ1v) is 3.79. The van der Waals surface area contributed by atoms with Crippen LogP contribution >= 0.6 is 11.6 Å². The van der Waals surface area contributed by atoms with Crippen LogP contribution in [0.3, 0.4) is 0 Å². The average Bonchev–Trinajstić information content (AvgIpc) is 2.57. The Morgan fingerprint density at radius 1 is 1.33 bits per heavy atom. The van der Waals surface area contributed by atoms with Crippen LogP contribution in [0, 0.1) is 6.20 Å². The fourth-order valence-electron chi connectivity index (χ4n) is 0.936. The van der Waals surface area contributed by atoms with Crippen molar-refractivity contribution in [2.45, 2.75) is 0 Å². The monoisotopic (exact) mass is 178 g/mol. The highest BCUT2D eigenvalue weighted by Gasteiger charge is 2.00. The van der Waals surface area contributed by atoms with E-state index in [0.717, 1.165) is 5.69 Å². The largest absolute Gasteiger partial charge is 0.219 e. The van der Waals surface area contributed by atoms with Gasteiger partial charge in [0.1, 0.15) is 6.20 Å². The van der Waals surface area contributed by atoms with Crippen molar-refractivity contribution in [2.75, 3.05) is 0 Å². The van der Waals surface area contributed by atoms with Crippen LogP contribution in [0.1, 0.15) is 0 Å². The van der Waals surface area contributed by atoms with Gasteiger partial charge in [-0.25, -0.2) is 4.68 Å². The molecule has 0 N–H and O–H groups in total. The third-order valence-electron chi connectivity index (χ3n) is 1.48. The molecule has 0 spiro atoms. The van der Waals surface area contributed by atoms with Crippen LogP contribution in [0.25, 0.3) is 5.69 Å². The van der Waals surface area contributed by atoms with E-state index in [1.54, 1.807) is 16.9 Å². The van der Waals surface area contributed by atoms with Crippen molar-refractivity contribution in [3.05, 3.63) is 41.7 Å². The summed E-state index contributed by atoms with van der Waals surface area (Å²) in [5, 5.41) is 7.99. The second-order valence-corrected chi connectivity index (χ2v) is 2.65. The van der Waals surface area contributed by atoms with Crippen molar-refractivity contribution in [2.24, 2.45) is 0 Å². The molecule has 0 saturated heterocycles. The highest BCUT2D eigenvalue weighted by Crippen LogP contribution is 2.17. The van der Waals surface area contributed by atoms with Gasteiger partial charge < -0.3 is 0 Å². The number of nitrogens with zero attached hydrogens (tertiary/aromatic N) is 3. The number of benzene rings is 1. The second-order valence-electron chi connectivity index (χ2n) is 2.24. The number of halogens is 1. The summed E-state index contributed by atoms with van der Waals surface area (Å²) >= 11 is 5.91. The maximum absolute atomic E-state index is 5.91. The van der Waals surface area contributed by atoms with Crippen molar-refractivity contribution in [1.29, 1.82) is 0 Å². The lowest BCUT2D eigenvalue weighted by Gasteiger charge is -2.00. The maximum Gasteiger partial charge on any atom is 0.135 e. The Labute approximate surface area is 74.6 Å². The Hall–Kier alpha value is -1.35. The van der Waals surface area contributed by atoms with E-state index < -0.39 is 0 Å². The molecule has 0 aliphatic heterocycles. The van der Waals surface area contributed by atoms with Gasteiger partial charge >= 0.3 is 0 Å². The first-order chi connectivity index (χ1) is 5.88. The molecule has 1 heterocycles. The van der Waals surface area contributed by atoms with Gasteiger partial charge in [-0.05, 0) is 12.1 Å². The molecular formula is C8H5ClN3. The smallest absolute Gasteiger partial charge is 0.135 e. The van der Waals surface area contributed by atoms with E-state index in [-0.39, 0.29) is 0 Å². The summed E-state index contributed by atoms with van der Waals surface area (Å²) in [5.41, 5.74) is 0.813. The number of hydrogen-bond acceptors (Lipinski definition) is 2. The Morgan fingerprint density at radius 3 is 2.83 bits per heavy atom. The third-order valence-corrected chi connectivity index (χ3v) is 1.80. The van der Waals surface area contributed by atoms with Gasteiger partial charge in [0, 0.05) is 0 Å². The molecule has 0 aliphatic carbocycles. The third kappa shape index (κ3) is 1.19. The fraction of sp³-hybridized carbons (Fsp3) is 0. The molecule has 3 nitrogen and oxygen atoms in total. The Morgan fingerprint density at radius 2 is 2.17 bits per heavy atom. The Bertz CT molecular complexity index is 370. The zero-order valence-electron chi connectivity index (χ0n) is 6.11. The summed E-state index contributed by atoms with van der Waals surface area (Å²) in [4.78, 5) is 0. The summed E-state index contributed by atoms with van der Waals surface area (Å²) < 4.78 is 1.57. The molecule has 0 bridgehead atoms. The molecule has 1 aromatic carbocycles. The summed E-state index contributed by atoms with van der Waals surface area (Å²) in [6.45, 7) is 0. The minimum absolute atomic E-state index is 0.649. The van der Waals surface area contributed by atoms with E-state index in [0.29, 0.717) is 5.02 Å². The van der Waals surface area contributed by atoms with Crippen LogP contribution in [-0.2, 0) is 0 Å². The van der Waals surface area contributed by atoms with Gasteiger partial charge in [0.25, 0.3) is 0 Å². The van der Waals surface area contributed by atoms with Crippen LogP contribution in [0.4, 0.5) is 0 Å². The van der Waals surface area contributed by atoms with Gasteiger partial charge in [-0.1, -0.05) is 28.9 Å². The van der Waals surface area contributed by atoms with Gasteiger partial charge in [-0.2, -0.15) is 0 Å². The molecule has 0 aliphatic rings. The van der Waals surface area contributed by atoms with Crippen molar-refractivity contribution in [3.8, 4) is 5.69 Å². The van der Waals surface area contributed by atoms with E-state index in [9.17, 15) is 0 Å². The normalized spacial score (nSPS) is 10.1. The SMILES string of the molecule is Clc1ccccc1-n1c[c]nn1. The van der Waals surface area contributed by atoms with Crippen LogP contribution in [0.5, 0.6) is 0 Å². The summed E-state index contributed by atoms with van der Waals surface area (Å²) in [6, 6.07) is 7.43. The van der Waals surface area contributed by atoms with Crippen LogP contribution in [0.2, 0.25) is 5.02 Å². The molecule has 0 fully saturated rings. The summed E-state index contributed by atoms with van der Waals surface area (Å²) in [5.74, 6) is 0. The van der Waals surface area contributed by atoms with Gasteiger partial charge in [0.15, 0.2) is 0 Å². The molecule has 0 saturated carbocycles. The number of aromatic nitrogens is 3. The van der Waals surface area contributed by atoms with Crippen LogP contribution in [0.15, 0.2) is 30.5 Å². The minimum Gasteiger partial charge on any atom is -0.219 e. The van der Waals surface area contributed by atoms with E-state index in [1.165, 1.54) is 0 Å². The molecule has 59 valence electrons. The average molecular weight is 179 g/mol. The molecule has 2 aromatic rings. The predicted octanol–water partition coefficient (Wildman–Crippen LogP) is 1.72. The Kier molecular flexibility index (Phi) is 1.80. The molecular weight excluding hydrogens is 174 g/mol. The first kappa shape index (κ1) is 7.31. The summed E-state index contributed by atoms with van der Waals surface area (Å²) in [7, 11) is 0. The van der Waals surface area contributed by atoms with Crippen molar-refractivity contribution < 1.29 is 0 Å². The Balaban J connectivity index is 2.55. The molecule has 4 heteroatoms. The van der Waals surface area contributed by atoms with Crippen LogP contribution < -0.4 is 0 Å². The summed E-state index contributed by atoms with van der Waals surface area (Å²) in [6.07, 6.45) is 4.22. The van der Waals surface area contributed by atoms with Gasteiger partial charge in [-0.15, -0.1) is 5.10 Å². The molecule has 0 amide bonds. The van der Waals surface area contributed by atoms with Crippen molar-refractivity contribution >= 4 is 11.6 Å². The van der Waals surface area contributed by atoms with Gasteiger partial charge in [0.05, 0.1) is 16.9 Å². The highest BCUT2D eigenvalue weighted by molar-refractivity contribution is 6.32. The molecule has 2 rings (SSSR count). The molecule has 0 unspecified atom stereocenters. The first-order valence-electron chi connectivity index (χ1n) is 3.41. The lowest BCUT2D eigenvalue weighted by molar-refractivity contribution is 0.803. The van der Waals surface area contributed by atoms with E-state index >= 15 is 0 Å². The molecule has 12 heavy (non-hydrogen) atoms. The predicted molar refractivity (Wildman–Crippen MR) is 45.2 cm³/mol. The van der Waals surface area contributed by atoms with E-state index in [1.807, 2.05) is 18.2 Å². The standard InChI is InChI=1S/C8H5ClN3/c9-7-3-1-2-4-8(7)12-6-5-10-11-12/h1-4,6H. The van der Waals surface area contributed by atoms with Gasteiger partial charge in [-0.3, -0.25) is 0 Å². The number of hydrogen-bond donors (Lipinski definition) is 0. The second kappa shape index (κ2) is 2.95. The van der Waals surface area contributed by atoms with Crippen molar-refractivity contribution in [1.82, 2.24) is 15.0 Å². The number of rotatable bonds is 1. The lowest BCUT2D eigenvalue weighted by Crippen LogP contribution is -1.95. The number of para-hydroxylation sites is 1. The van der Waals surface area contributed by atoms with Crippen LogP contribution in [-0.4, -0.2) is 15.0 Å². The topological polar surface area (TPSA) is 30.7 Å². The quantitative estimate of drug-likeness (QED) is 0.666. The maximum atomic E-state index is 5.91. The van der Waals surface area contributed by atoms with E-state index in [2.05, 4.69) is 16.5 Å². The zero-order chi connectivity index (χ0) is 8.39. The molecule has 0 atom stereocenters. The minimum atomic E-state index is 0.649.